The summed E-state index contributed by atoms with van der Waals surface area (Å²) in [7, 11) is 0. The Bertz CT molecular complexity index is 845. The number of nitrogens with two attached hydrogens (primary N) is 1. The molecule has 0 heterocycles. The Morgan fingerprint density at radius 3 is 2.08 bits per heavy atom. The summed E-state index contributed by atoms with van der Waals surface area (Å²) < 4.78 is 5.19. The first-order chi connectivity index (χ1) is 11.6. The molecule has 0 fully saturated rings. The molecule has 2 rings (SSSR count). The number of aromatic hydroxyl groups is 1. The van der Waals surface area contributed by atoms with E-state index in [1.807, 2.05) is 0 Å². The van der Waals surface area contributed by atoms with E-state index in [1.54, 1.807) is 0 Å². The largest absolute Gasteiger partial charge is 0.508 e. The summed E-state index contributed by atoms with van der Waals surface area (Å²) in [6, 6.07) is 8.98. The van der Waals surface area contributed by atoms with E-state index in [-0.39, 0.29) is 22.4 Å². The third-order valence-corrected chi connectivity index (χ3v) is 3.73. The van der Waals surface area contributed by atoms with Gasteiger partial charge in [0.1, 0.15) is 5.75 Å². The van der Waals surface area contributed by atoms with Crippen LogP contribution in [0.25, 0.3) is 0 Å². The lowest BCUT2D eigenvalue weighted by atomic mass is 9.84. The van der Waals surface area contributed by atoms with Crippen molar-refractivity contribution in [1.82, 2.24) is 0 Å². The number of benzene rings is 2. The van der Waals surface area contributed by atoms with Gasteiger partial charge in [-0.3, -0.25) is 0 Å². The normalized spacial score (nSPS) is 12.8. The van der Waals surface area contributed by atoms with Gasteiger partial charge in [-0.2, -0.15) is 0 Å². The highest BCUT2D eigenvalue weighted by atomic mass is 16.6. The van der Waals surface area contributed by atoms with Gasteiger partial charge in [0.15, 0.2) is 5.60 Å². The quantitative estimate of drug-likeness (QED) is 0.649. The smallest absolute Gasteiger partial charge is 0.405 e. The molecular formula is C17H15NO7. The van der Waals surface area contributed by atoms with Gasteiger partial charge in [-0.15, -0.1) is 0 Å². The van der Waals surface area contributed by atoms with E-state index >= 15 is 0 Å². The number of carbonyl (C=O) groups is 3. The molecule has 0 aliphatic carbocycles. The van der Waals surface area contributed by atoms with Gasteiger partial charge in [0.25, 0.3) is 0 Å². The maximum atomic E-state index is 11.6. The second-order valence-corrected chi connectivity index (χ2v) is 5.37. The van der Waals surface area contributed by atoms with Crippen LogP contribution in [0.5, 0.6) is 5.75 Å². The van der Waals surface area contributed by atoms with Crippen LogP contribution in [-0.4, -0.2) is 33.4 Å². The molecule has 8 heteroatoms. The molecule has 0 spiro atoms. The Kier molecular flexibility index (Phi) is 4.64. The zero-order valence-corrected chi connectivity index (χ0v) is 13.1. The number of rotatable bonds is 5. The van der Waals surface area contributed by atoms with Crippen molar-refractivity contribution in [3.05, 3.63) is 64.7 Å². The van der Waals surface area contributed by atoms with Gasteiger partial charge in [-0.1, -0.05) is 18.2 Å². The molecule has 0 radical (unpaired) electrons. The Morgan fingerprint density at radius 1 is 1.00 bits per heavy atom. The van der Waals surface area contributed by atoms with E-state index in [0.717, 1.165) is 6.07 Å². The van der Waals surface area contributed by atoms with Crippen molar-refractivity contribution in [1.29, 1.82) is 0 Å². The van der Waals surface area contributed by atoms with E-state index in [2.05, 4.69) is 0 Å². The standard InChI is InChI=1S/C17H15NO7/c1-17(25-16(18)24,10-3-5-11(19)6-4-10)13-7-2-9(14(20)21)8-12(13)15(22)23/h2-8,19H,1H3,(H2,18,24)(H,20,21)(H,22,23). The fraction of sp³-hybridized carbons (Fsp3) is 0.118. The number of hydrogen-bond acceptors (Lipinski definition) is 5. The average Bonchev–Trinajstić information content (AvgIpc) is 2.53. The molecule has 5 N–H and O–H groups in total. The Morgan fingerprint density at radius 2 is 1.60 bits per heavy atom. The third kappa shape index (κ3) is 3.52. The van der Waals surface area contributed by atoms with Crippen molar-refractivity contribution in [2.75, 3.05) is 0 Å². The molecule has 25 heavy (non-hydrogen) atoms. The van der Waals surface area contributed by atoms with Gasteiger partial charge >= 0.3 is 18.0 Å². The second-order valence-electron chi connectivity index (χ2n) is 5.37. The van der Waals surface area contributed by atoms with Crippen LogP contribution < -0.4 is 5.73 Å². The number of carbonyl (C=O) groups excluding carboxylic acids is 1. The second kappa shape index (κ2) is 6.52. The van der Waals surface area contributed by atoms with Crippen LogP contribution in [0.3, 0.4) is 0 Å². The number of hydrogen-bond donors (Lipinski definition) is 4. The number of carboxylic acids is 2. The van der Waals surface area contributed by atoms with Gasteiger partial charge in [0.2, 0.25) is 0 Å². The van der Waals surface area contributed by atoms with Gasteiger partial charge in [-0.05, 0) is 31.2 Å². The minimum absolute atomic E-state index is 0.0366. The number of phenols is 1. The average molecular weight is 345 g/mol. The molecule has 0 aliphatic rings. The maximum Gasteiger partial charge on any atom is 0.405 e. The van der Waals surface area contributed by atoms with Gasteiger partial charge in [0, 0.05) is 11.1 Å². The van der Waals surface area contributed by atoms with Crippen molar-refractivity contribution in [2.45, 2.75) is 12.5 Å². The van der Waals surface area contributed by atoms with Crippen molar-refractivity contribution in [3.8, 4) is 5.75 Å². The molecule has 130 valence electrons. The molecule has 0 aliphatic heterocycles. The van der Waals surface area contributed by atoms with Crippen molar-refractivity contribution in [3.63, 3.8) is 0 Å². The van der Waals surface area contributed by atoms with Crippen LogP contribution in [-0.2, 0) is 10.3 Å². The minimum atomic E-state index is -1.61. The number of primary amides is 1. The summed E-state index contributed by atoms with van der Waals surface area (Å²) in [5, 5.41) is 27.9. The van der Waals surface area contributed by atoms with E-state index < -0.39 is 23.6 Å². The van der Waals surface area contributed by atoms with Gasteiger partial charge < -0.3 is 25.8 Å². The fourth-order valence-corrected chi connectivity index (χ4v) is 2.52. The summed E-state index contributed by atoms with van der Waals surface area (Å²) in [6.45, 7) is 1.42. The number of carboxylic acid groups (broad SMARTS) is 2. The predicted octanol–water partition coefficient (Wildman–Crippen LogP) is 2.15. The van der Waals surface area contributed by atoms with Crippen molar-refractivity contribution < 1.29 is 34.4 Å². The number of phenolic OH excluding ortho intramolecular Hbond substituents is 1. The van der Waals surface area contributed by atoms with Crippen LogP contribution in [0.1, 0.15) is 38.8 Å². The molecule has 1 unspecified atom stereocenters. The van der Waals surface area contributed by atoms with Crippen LogP contribution >= 0.6 is 0 Å². The van der Waals surface area contributed by atoms with Crippen LogP contribution in [0.4, 0.5) is 4.79 Å². The first kappa shape index (κ1) is 17.8. The first-order valence-electron chi connectivity index (χ1n) is 7.04. The Labute approximate surface area is 142 Å². The zero-order valence-electron chi connectivity index (χ0n) is 13.1. The minimum Gasteiger partial charge on any atom is -0.508 e. The van der Waals surface area contributed by atoms with Crippen LogP contribution in [0, 0.1) is 0 Å². The van der Waals surface area contributed by atoms with Crippen LogP contribution in [0.15, 0.2) is 42.5 Å². The Balaban J connectivity index is 2.73. The Hall–Kier alpha value is -3.55. The summed E-state index contributed by atoms with van der Waals surface area (Å²) in [6.07, 6.45) is -1.14. The van der Waals surface area contributed by atoms with E-state index in [9.17, 15) is 24.6 Å². The highest BCUT2D eigenvalue weighted by Crippen LogP contribution is 2.36. The first-order valence-corrected chi connectivity index (χ1v) is 7.04. The molecule has 1 amide bonds. The van der Waals surface area contributed by atoms with E-state index in [0.29, 0.717) is 5.56 Å². The van der Waals surface area contributed by atoms with Crippen molar-refractivity contribution >= 4 is 18.0 Å². The number of amides is 1. The topological polar surface area (TPSA) is 147 Å². The van der Waals surface area contributed by atoms with Crippen LogP contribution in [0.2, 0.25) is 0 Å². The highest BCUT2D eigenvalue weighted by molar-refractivity contribution is 5.95. The number of aromatic carboxylic acids is 2. The lowest BCUT2D eigenvalue weighted by Crippen LogP contribution is -2.34. The molecule has 2 aromatic rings. The van der Waals surface area contributed by atoms with E-state index in [4.69, 9.17) is 15.6 Å². The predicted molar refractivity (Wildman–Crippen MR) is 85.6 cm³/mol. The highest BCUT2D eigenvalue weighted by Gasteiger charge is 2.36. The van der Waals surface area contributed by atoms with E-state index in [1.165, 1.54) is 43.3 Å². The summed E-state index contributed by atoms with van der Waals surface area (Å²) in [5.41, 5.74) is 3.33. The third-order valence-electron chi connectivity index (χ3n) is 3.73. The maximum absolute atomic E-state index is 11.6. The summed E-state index contributed by atoms with van der Waals surface area (Å²) in [4.78, 5) is 34.1. The molecule has 0 saturated heterocycles. The molecule has 0 saturated carbocycles. The van der Waals surface area contributed by atoms with Gasteiger partial charge in [0.05, 0.1) is 11.1 Å². The summed E-state index contributed by atoms with van der Waals surface area (Å²) in [5.74, 6) is -2.72. The lowest BCUT2D eigenvalue weighted by molar-refractivity contribution is 0.0543. The molecule has 1 atom stereocenters. The number of ether oxygens (including phenoxy) is 1. The lowest BCUT2D eigenvalue weighted by Gasteiger charge is -2.31. The summed E-state index contributed by atoms with van der Waals surface area (Å²) >= 11 is 0. The SMILES string of the molecule is CC(OC(N)=O)(c1ccc(O)cc1)c1ccc(C(=O)O)cc1C(=O)O. The zero-order chi connectivity index (χ0) is 18.8. The molecular weight excluding hydrogens is 330 g/mol. The fourth-order valence-electron chi connectivity index (χ4n) is 2.52. The molecule has 8 nitrogen and oxygen atoms in total. The monoisotopic (exact) mass is 345 g/mol. The molecule has 0 bridgehead atoms. The molecule has 0 aromatic heterocycles. The van der Waals surface area contributed by atoms with Gasteiger partial charge in [-0.25, -0.2) is 14.4 Å². The van der Waals surface area contributed by atoms with Crippen molar-refractivity contribution in [2.24, 2.45) is 5.73 Å². The molecule has 2 aromatic carbocycles.